The summed E-state index contributed by atoms with van der Waals surface area (Å²) in [5, 5.41) is 0. The molecule has 120 valence electrons. The Morgan fingerprint density at radius 1 is 1.09 bits per heavy atom. The number of rotatable bonds is 5. The van der Waals surface area contributed by atoms with Gasteiger partial charge < -0.3 is 0 Å². The minimum Gasteiger partial charge on any atom is -0.0785 e. The Balaban J connectivity index is 1.99. The third-order valence-corrected chi connectivity index (χ3v) is 4.89. The molecular weight excluding hydrogens is 264 g/mol. The fraction of sp³-hybridized carbons (Fsp3) is 0.545. The molecule has 0 aromatic carbocycles. The molecule has 0 nitrogen and oxygen atoms in total. The molecule has 0 atom stereocenters. The molecule has 0 heterocycles. The molecule has 0 amide bonds. The highest BCUT2D eigenvalue weighted by Gasteiger charge is 2.26. The van der Waals surface area contributed by atoms with Gasteiger partial charge in [-0.2, -0.15) is 0 Å². The van der Waals surface area contributed by atoms with Crippen LogP contribution in [-0.2, 0) is 0 Å². The maximum Gasteiger partial charge on any atom is -0.0104 e. The van der Waals surface area contributed by atoms with Crippen LogP contribution >= 0.6 is 0 Å². The molecule has 1 saturated carbocycles. The van der Waals surface area contributed by atoms with Crippen molar-refractivity contribution in [2.24, 2.45) is 11.3 Å². The number of allylic oxidation sites excluding steroid dienone is 10. The Labute approximate surface area is 137 Å². The Bertz CT molecular complexity index is 543. The third kappa shape index (κ3) is 5.16. The van der Waals surface area contributed by atoms with Gasteiger partial charge in [0.15, 0.2) is 0 Å². The zero-order valence-corrected chi connectivity index (χ0v) is 15.1. The summed E-state index contributed by atoms with van der Waals surface area (Å²) in [7, 11) is 0. The van der Waals surface area contributed by atoms with Gasteiger partial charge in [-0.1, -0.05) is 67.0 Å². The van der Waals surface area contributed by atoms with E-state index in [9.17, 15) is 0 Å². The standard InChI is InChI=1S/C22H32/c1-17(8-6-9-18(2)16-20-12-13-20)11-14-21-19(3)10-7-15-22(21,4)5/h6,8-9,11,14,16,20H,7,10,12-13,15H2,1-5H3/b9-6+,14-11+,17-8+,18-16+. The van der Waals surface area contributed by atoms with Crippen molar-refractivity contribution in [1.29, 1.82) is 0 Å². The summed E-state index contributed by atoms with van der Waals surface area (Å²) >= 11 is 0. The van der Waals surface area contributed by atoms with Crippen LogP contribution in [0.3, 0.4) is 0 Å². The average Bonchev–Trinajstić information content (AvgIpc) is 3.21. The van der Waals surface area contributed by atoms with E-state index in [1.54, 1.807) is 11.1 Å². The van der Waals surface area contributed by atoms with Gasteiger partial charge in [0.05, 0.1) is 0 Å². The van der Waals surface area contributed by atoms with Crippen LogP contribution < -0.4 is 0 Å². The van der Waals surface area contributed by atoms with Crippen molar-refractivity contribution in [3.05, 3.63) is 58.7 Å². The lowest BCUT2D eigenvalue weighted by Gasteiger charge is -2.32. The van der Waals surface area contributed by atoms with Gasteiger partial charge in [-0.15, -0.1) is 0 Å². The zero-order chi connectivity index (χ0) is 16.2. The fourth-order valence-corrected chi connectivity index (χ4v) is 3.32. The predicted octanol–water partition coefficient (Wildman–Crippen LogP) is 6.93. The highest BCUT2D eigenvalue weighted by molar-refractivity contribution is 5.37. The van der Waals surface area contributed by atoms with Gasteiger partial charge in [0.25, 0.3) is 0 Å². The molecule has 0 radical (unpaired) electrons. The van der Waals surface area contributed by atoms with E-state index in [4.69, 9.17) is 0 Å². The van der Waals surface area contributed by atoms with Crippen molar-refractivity contribution >= 4 is 0 Å². The van der Waals surface area contributed by atoms with Crippen molar-refractivity contribution in [2.75, 3.05) is 0 Å². The molecule has 2 aliphatic carbocycles. The quantitative estimate of drug-likeness (QED) is 0.483. The molecule has 0 aromatic heterocycles. The van der Waals surface area contributed by atoms with Crippen molar-refractivity contribution in [2.45, 2.75) is 66.7 Å². The van der Waals surface area contributed by atoms with Gasteiger partial charge in [-0.25, -0.2) is 0 Å². The Kier molecular flexibility index (Phi) is 5.67. The SMILES string of the molecule is CC1=C(/C=C/C(C)=C/C=C/C(C)=C/C2CC2)C(C)(C)CCC1. The maximum atomic E-state index is 2.40. The summed E-state index contributed by atoms with van der Waals surface area (Å²) in [4.78, 5) is 0. The topological polar surface area (TPSA) is 0 Å². The van der Waals surface area contributed by atoms with Gasteiger partial charge in [-0.3, -0.25) is 0 Å². The van der Waals surface area contributed by atoms with Crippen LogP contribution in [0.2, 0.25) is 0 Å². The second-order valence-electron chi connectivity index (χ2n) is 7.78. The lowest BCUT2D eigenvalue weighted by atomic mass is 9.72. The maximum absolute atomic E-state index is 2.40. The minimum atomic E-state index is 0.332. The van der Waals surface area contributed by atoms with E-state index in [0.717, 1.165) is 5.92 Å². The lowest BCUT2D eigenvalue weighted by molar-refractivity contribution is 0.377. The van der Waals surface area contributed by atoms with Gasteiger partial charge in [-0.05, 0) is 69.8 Å². The van der Waals surface area contributed by atoms with Crippen LogP contribution in [0.1, 0.15) is 66.7 Å². The highest BCUT2D eigenvalue weighted by Crippen LogP contribution is 2.40. The average molecular weight is 296 g/mol. The monoisotopic (exact) mass is 296 g/mol. The summed E-state index contributed by atoms with van der Waals surface area (Å²) in [6, 6.07) is 0. The summed E-state index contributed by atoms with van der Waals surface area (Å²) < 4.78 is 0. The molecule has 2 aliphatic rings. The molecule has 2 rings (SSSR count). The van der Waals surface area contributed by atoms with Crippen LogP contribution in [0.5, 0.6) is 0 Å². The number of hydrogen-bond acceptors (Lipinski definition) is 0. The van der Waals surface area contributed by atoms with Gasteiger partial charge in [0.2, 0.25) is 0 Å². The second kappa shape index (κ2) is 7.31. The highest BCUT2D eigenvalue weighted by atomic mass is 14.3. The molecule has 1 fully saturated rings. The molecule has 22 heavy (non-hydrogen) atoms. The van der Waals surface area contributed by atoms with Crippen LogP contribution in [0.15, 0.2) is 58.7 Å². The summed E-state index contributed by atoms with van der Waals surface area (Å²) in [5.74, 6) is 0.859. The first kappa shape index (κ1) is 17.1. The van der Waals surface area contributed by atoms with E-state index >= 15 is 0 Å². The normalized spacial score (nSPS) is 23.9. The second-order valence-corrected chi connectivity index (χ2v) is 7.78. The molecular formula is C22H32. The van der Waals surface area contributed by atoms with Crippen LogP contribution in [0, 0.1) is 11.3 Å². The third-order valence-electron chi connectivity index (χ3n) is 4.89. The molecule has 0 N–H and O–H groups in total. The van der Waals surface area contributed by atoms with E-state index in [2.05, 4.69) is 71.1 Å². The van der Waals surface area contributed by atoms with Gasteiger partial charge >= 0.3 is 0 Å². The molecule has 0 saturated heterocycles. The Hall–Kier alpha value is -1.30. The van der Waals surface area contributed by atoms with E-state index in [0.29, 0.717) is 5.41 Å². The van der Waals surface area contributed by atoms with Crippen molar-refractivity contribution in [3.63, 3.8) is 0 Å². The number of hydrogen-bond donors (Lipinski definition) is 0. The first-order chi connectivity index (χ1) is 10.4. The molecule has 0 aromatic rings. The molecule has 0 heteroatoms. The molecule has 0 bridgehead atoms. The lowest BCUT2D eigenvalue weighted by Crippen LogP contribution is -2.19. The predicted molar refractivity (Wildman–Crippen MR) is 98.9 cm³/mol. The van der Waals surface area contributed by atoms with Crippen molar-refractivity contribution in [3.8, 4) is 0 Å². The van der Waals surface area contributed by atoms with E-state index in [-0.39, 0.29) is 0 Å². The van der Waals surface area contributed by atoms with E-state index < -0.39 is 0 Å². The molecule has 0 spiro atoms. The summed E-state index contributed by atoms with van der Waals surface area (Å²) in [6.07, 6.45) is 20.3. The molecule has 0 unspecified atom stereocenters. The zero-order valence-electron chi connectivity index (χ0n) is 15.1. The fourth-order valence-electron chi connectivity index (χ4n) is 3.32. The largest absolute Gasteiger partial charge is 0.0785 e. The van der Waals surface area contributed by atoms with E-state index in [1.165, 1.54) is 43.3 Å². The van der Waals surface area contributed by atoms with E-state index in [1.807, 2.05) is 0 Å². The van der Waals surface area contributed by atoms with Crippen molar-refractivity contribution in [1.82, 2.24) is 0 Å². The minimum absolute atomic E-state index is 0.332. The van der Waals surface area contributed by atoms with Crippen molar-refractivity contribution < 1.29 is 0 Å². The summed E-state index contributed by atoms with van der Waals surface area (Å²) in [6.45, 7) is 11.4. The Morgan fingerprint density at radius 3 is 2.45 bits per heavy atom. The van der Waals surface area contributed by atoms with Crippen LogP contribution in [-0.4, -0.2) is 0 Å². The van der Waals surface area contributed by atoms with Gasteiger partial charge in [0, 0.05) is 0 Å². The van der Waals surface area contributed by atoms with Crippen LogP contribution in [0.4, 0.5) is 0 Å². The Morgan fingerprint density at radius 2 is 1.82 bits per heavy atom. The summed E-state index contributed by atoms with van der Waals surface area (Å²) in [5.41, 5.74) is 6.15. The molecule has 0 aliphatic heterocycles. The first-order valence-electron chi connectivity index (χ1n) is 8.80. The van der Waals surface area contributed by atoms with Gasteiger partial charge in [0.1, 0.15) is 0 Å². The van der Waals surface area contributed by atoms with Crippen LogP contribution in [0.25, 0.3) is 0 Å². The first-order valence-corrected chi connectivity index (χ1v) is 8.80. The smallest absolute Gasteiger partial charge is 0.0104 e.